The summed E-state index contributed by atoms with van der Waals surface area (Å²) < 4.78 is 12.1. The van der Waals surface area contributed by atoms with Gasteiger partial charge >= 0.3 is 0 Å². The number of nitrogens with zero attached hydrogens (tertiary/aromatic N) is 3. The molecule has 0 saturated carbocycles. The fourth-order valence-corrected chi connectivity index (χ4v) is 8.78. The largest absolute Gasteiger partial charge is 0.399 e. The number of likely N-dealkylation sites (tertiary alicyclic amines) is 1. The Morgan fingerprint density at radius 1 is 0.841 bits per heavy atom. The van der Waals surface area contributed by atoms with E-state index in [1.165, 1.54) is 7.11 Å². The number of hydrogen-bond acceptors (Lipinski definition) is 9. The molecule has 63 heavy (non-hydrogen) atoms. The number of hydrogen-bond donors (Lipinski definition) is 4. The van der Waals surface area contributed by atoms with Crippen molar-refractivity contribution in [1.29, 1.82) is 0 Å². The SMILES string of the molecule is CC[C@H](C)[C@@H]([C@@H](CC(=O)N1CCC[C@H]1[C@H](OC)[C@@H](C)C(=O)N[C@@H](Cc1ccccc1)C(=O)Nc1ccc(N)cc1)OC)N(C)C(=O)[C@@H](NC(=O)[C@H](C(C)C)N(C)C(C)(C)C)C(C)C. The van der Waals surface area contributed by atoms with Crippen molar-refractivity contribution < 1.29 is 33.4 Å². The smallest absolute Gasteiger partial charge is 0.247 e. The summed E-state index contributed by atoms with van der Waals surface area (Å²) in [5.41, 5.74) is 7.57. The van der Waals surface area contributed by atoms with Crippen LogP contribution in [0.4, 0.5) is 11.4 Å². The van der Waals surface area contributed by atoms with E-state index in [1.807, 2.05) is 83.8 Å². The van der Waals surface area contributed by atoms with Gasteiger partial charge in [-0.15, -0.1) is 0 Å². The van der Waals surface area contributed by atoms with Gasteiger partial charge in [-0.3, -0.25) is 28.9 Å². The Hall–Kier alpha value is -4.53. The predicted molar refractivity (Wildman–Crippen MR) is 251 cm³/mol. The first kappa shape index (κ1) is 52.8. The van der Waals surface area contributed by atoms with Gasteiger partial charge in [-0.2, -0.15) is 0 Å². The predicted octanol–water partition coefficient (Wildman–Crippen LogP) is 5.75. The average Bonchev–Trinajstić information content (AvgIpc) is 3.72. The number of likely N-dealkylation sites (N-methyl/N-ethyl adjacent to an activating group) is 2. The number of carbonyl (C=O) groups is 5. The first-order valence-electron chi connectivity index (χ1n) is 22.7. The fourth-order valence-electron chi connectivity index (χ4n) is 8.78. The van der Waals surface area contributed by atoms with Crippen LogP contribution in [0.5, 0.6) is 0 Å². The van der Waals surface area contributed by atoms with Gasteiger partial charge in [0.25, 0.3) is 0 Å². The fraction of sp³-hybridized carbons (Fsp3) is 0.653. The quantitative estimate of drug-likeness (QED) is 0.107. The highest BCUT2D eigenvalue weighted by Gasteiger charge is 2.44. The van der Waals surface area contributed by atoms with Crippen LogP contribution in [0, 0.1) is 23.7 Å². The van der Waals surface area contributed by atoms with E-state index in [1.54, 1.807) is 55.1 Å². The molecular weight excluding hydrogens is 799 g/mol. The maximum absolute atomic E-state index is 14.5. The van der Waals surface area contributed by atoms with Gasteiger partial charge < -0.3 is 41.0 Å². The second-order valence-electron chi connectivity index (χ2n) is 19.2. The molecule has 3 rings (SSSR count). The zero-order valence-electron chi connectivity index (χ0n) is 40.6. The van der Waals surface area contributed by atoms with Crippen molar-refractivity contribution in [3.05, 3.63) is 60.2 Å². The van der Waals surface area contributed by atoms with Crippen molar-refractivity contribution in [3.8, 4) is 0 Å². The van der Waals surface area contributed by atoms with Gasteiger partial charge in [-0.25, -0.2) is 0 Å². The van der Waals surface area contributed by atoms with Crippen molar-refractivity contribution in [2.24, 2.45) is 23.7 Å². The topological polar surface area (TPSA) is 176 Å². The van der Waals surface area contributed by atoms with Crippen molar-refractivity contribution in [2.75, 3.05) is 45.9 Å². The number of nitrogens with two attached hydrogens (primary N) is 1. The number of anilines is 2. The van der Waals surface area contributed by atoms with Crippen molar-refractivity contribution in [1.82, 2.24) is 25.3 Å². The minimum atomic E-state index is -0.900. The standard InChI is InChI=1S/C49H79N7O7/c1-15-32(6)43(54(11)48(61)41(30(2)3)53-47(60)42(31(4)5)55(12)49(8,9)10)39(62-13)29-40(57)56-27-19-22-38(56)44(63-14)33(7)45(58)52-37(28-34-20-17-16-18-21-34)46(59)51-36-25-23-35(50)24-26-36/h16-18,20-21,23-26,30-33,37-39,41-44H,15,19,22,27-29,50H2,1-14H3,(H,51,59)(H,52,58)(H,53,60)/t32-,33+,37-,38-,39+,41-,42-,43-,44+/m0/s1. The lowest BCUT2D eigenvalue weighted by Gasteiger charge is -2.42. The summed E-state index contributed by atoms with van der Waals surface area (Å²) >= 11 is 0. The van der Waals surface area contributed by atoms with Crippen LogP contribution in [0.25, 0.3) is 0 Å². The van der Waals surface area contributed by atoms with E-state index in [-0.39, 0.29) is 65.7 Å². The maximum atomic E-state index is 14.5. The van der Waals surface area contributed by atoms with Gasteiger partial charge in [-0.05, 0) is 88.2 Å². The second kappa shape index (κ2) is 24.0. The minimum Gasteiger partial charge on any atom is -0.399 e. The van der Waals surface area contributed by atoms with Crippen molar-refractivity contribution in [2.45, 2.75) is 149 Å². The lowest BCUT2D eigenvalue weighted by molar-refractivity contribution is -0.148. The number of nitrogens with one attached hydrogen (secondary N) is 3. The molecule has 1 fully saturated rings. The molecule has 0 spiro atoms. The number of benzene rings is 2. The highest BCUT2D eigenvalue weighted by Crippen LogP contribution is 2.30. The third-order valence-electron chi connectivity index (χ3n) is 13.0. The monoisotopic (exact) mass is 878 g/mol. The Bertz CT molecular complexity index is 1780. The normalized spacial score (nSPS) is 18.2. The van der Waals surface area contributed by atoms with Gasteiger partial charge in [0.05, 0.1) is 42.7 Å². The maximum Gasteiger partial charge on any atom is 0.247 e. The van der Waals surface area contributed by atoms with E-state index in [2.05, 4.69) is 36.7 Å². The van der Waals surface area contributed by atoms with Gasteiger partial charge in [0, 0.05) is 51.1 Å². The van der Waals surface area contributed by atoms with E-state index >= 15 is 0 Å². The van der Waals surface area contributed by atoms with Crippen LogP contribution in [0.2, 0.25) is 0 Å². The van der Waals surface area contributed by atoms with Crippen LogP contribution in [0.3, 0.4) is 0 Å². The first-order chi connectivity index (χ1) is 29.6. The Balaban J connectivity index is 1.82. The Morgan fingerprint density at radius 2 is 1.46 bits per heavy atom. The van der Waals surface area contributed by atoms with E-state index < -0.39 is 48.3 Å². The zero-order chi connectivity index (χ0) is 47.3. The third-order valence-corrected chi connectivity index (χ3v) is 13.0. The van der Waals surface area contributed by atoms with Gasteiger partial charge in [-0.1, -0.05) is 85.2 Å². The highest BCUT2D eigenvalue weighted by atomic mass is 16.5. The molecule has 1 saturated heterocycles. The Labute approximate surface area is 377 Å². The molecule has 0 bridgehead atoms. The van der Waals surface area contributed by atoms with Crippen LogP contribution in [0.15, 0.2) is 54.6 Å². The number of amides is 5. The lowest BCUT2D eigenvalue weighted by Crippen LogP contribution is -2.61. The molecule has 0 aromatic heterocycles. The molecule has 352 valence electrons. The Morgan fingerprint density at radius 3 is 1.98 bits per heavy atom. The summed E-state index contributed by atoms with van der Waals surface area (Å²) in [7, 11) is 6.77. The number of ether oxygens (including phenoxy) is 2. The summed E-state index contributed by atoms with van der Waals surface area (Å²) in [6.45, 7) is 20.4. The van der Waals surface area contributed by atoms with Crippen molar-refractivity contribution >= 4 is 40.9 Å². The molecule has 14 nitrogen and oxygen atoms in total. The van der Waals surface area contributed by atoms with E-state index in [4.69, 9.17) is 15.2 Å². The molecule has 1 heterocycles. The minimum absolute atomic E-state index is 0.0000981. The molecule has 1 aliphatic rings. The number of nitrogen functional groups attached to an aromatic ring is 1. The molecular formula is C49H79N7O7. The molecule has 2 aromatic rings. The molecule has 9 atom stereocenters. The lowest BCUT2D eigenvalue weighted by atomic mass is 9.89. The number of carbonyl (C=O) groups excluding carboxylic acids is 5. The van der Waals surface area contributed by atoms with Gasteiger partial charge in [0.2, 0.25) is 29.5 Å². The molecule has 14 heteroatoms. The molecule has 0 aliphatic carbocycles. The van der Waals surface area contributed by atoms with E-state index in [9.17, 15) is 24.0 Å². The van der Waals surface area contributed by atoms with Crippen LogP contribution >= 0.6 is 0 Å². The van der Waals surface area contributed by atoms with Crippen LogP contribution < -0.4 is 21.7 Å². The average molecular weight is 878 g/mol. The number of rotatable bonds is 22. The summed E-state index contributed by atoms with van der Waals surface area (Å²) in [6.07, 6.45) is 0.965. The summed E-state index contributed by atoms with van der Waals surface area (Å²) in [5, 5.41) is 9.00. The van der Waals surface area contributed by atoms with E-state index in [0.717, 1.165) is 12.0 Å². The molecule has 0 radical (unpaired) electrons. The van der Waals surface area contributed by atoms with Crippen LogP contribution in [0.1, 0.15) is 100 Å². The summed E-state index contributed by atoms with van der Waals surface area (Å²) in [6, 6.07) is 13.2. The number of methoxy groups -OCH3 is 2. The highest BCUT2D eigenvalue weighted by molar-refractivity contribution is 5.98. The molecule has 0 unspecified atom stereocenters. The molecule has 1 aliphatic heterocycles. The van der Waals surface area contributed by atoms with Crippen LogP contribution in [-0.4, -0.2) is 127 Å². The van der Waals surface area contributed by atoms with Gasteiger partial charge in [0.15, 0.2) is 0 Å². The molecule has 2 aromatic carbocycles. The van der Waals surface area contributed by atoms with Crippen LogP contribution in [-0.2, 0) is 39.9 Å². The second-order valence-corrected chi connectivity index (χ2v) is 19.2. The first-order valence-corrected chi connectivity index (χ1v) is 22.7. The summed E-state index contributed by atoms with van der Waals surface area (Å²) in [4.78, 5) is 76.1. The van der Waals surface area contributed by atoms with Crippen molar-refractivity contribution in [3.63, 3.8) is 0 Å². The van der Waals surface area contributed by atoms with Gasteiger partial charge in [0.1, 0.15) is 12.1 Å². The summed E-state index contributed by atoms with van der Waals surface area (Å²) in [5.74, 6) is -2.37. The molecule has 5 N–H and O–H groups in total. The molecule has 5 amide bonds. The Kier molecular flexibility index (Phi) is 20.1. The zero-order valence-corrected chi connectivity index (χ0v) is 40.6. The van der Waals surface area contributed by atoms with E-state index in [0.29, 0.717) is 30.8 Å². The third kappa shape index (κ3) is 14.2.